The van der Waals surface area contributed by atoms with E-state index in [1.165, 1.54) is 6.92 Å². The van der Waals surface area contributed by atoms with Crippen LogP contribution >= 0.6 is 0 Å². The molecule has 1 unspecified atom stereocenters. The molecule has 1 N–H and O–H groups in total. The molecule has 48 valence electrons. The molecule has 1 atom stereocenters. The Morgan fingerprint density at radius 3 is 2.62 bits per heavy atom. The van der Waals surface area contributed by atoms with Crippen molar-refractivity contribution in [2.75, 3.05) is 0 Å². The van der Waals surface area contributed by atoms with Gasteiger partial charge < -0.3 is 0 Å². The van der Waals surface area contributed by atoms with Crippen LogP contribution in [0.1, 0.15) is 13.3 Å². The molecule has 0 aliphatic rings. The summed E-state index contributed by atoms with van der Waals surface area (Å²) < 4.78 is 11.9. The Balaban J connectivity index is 3.46. The second-order valence-corrected chi connectivity index (χ2v) is 1.29. The molecule has 0 rings (SSSR count). The largest absolute Gasteiger partial charge is 0.375 e. The van der Waals surface area contributed by atoms with Gasteiger partial charge in [0.25, 0.3) is 0 Å². The number of hydrogen-bond donors (Lipinski definition) is 1. The first-order valence-corrected chi connectivity index (χ1v) is 2.21. The molecule has 0 amide bonds. The Hall–Kier alpha value is -0.640. The fraction of sp³-hybridized carbons (Fsp3) is 0.750. The molecular weight excluding hydrogens is 115 g/mol. The van der Waals surface area contributed by atoms with Gasteiger partial charge in [-0.1, -0.05) is 6.92 Å². The second-order valence-electron chi connectivity index (χ2n) is 1.29. The van der Waals surface area contributed by atoms with E-state index >= 15 is 0 Å². The minimum Gasteiger partial charge on any atom is -0.298 e. The van der Waals surface area contributed by atoms with Crippen molar-refractivity contribution >= 4 is 5.97 Å². The molecule has 0 fully saturated rings. The van der Waals surface area contributed by atoms with Crippen LogP contribution in [0.5, 0.6) is 0 Å². The lowest BCUT2D eigenvalue weighted by Crippen LogP contribution is -2.15. The van der Waals surface area contributed by atoms with Crippen LogP contribution in [-0.4, -0.2) is 17.4 Å². The van der Waals surface area contributed by atoms with E-state index in [0.717, 1.165) is 0 Å². The first-order valence-electron chi connectivity index (χ1n) is 2.21. The van der Waals surface area contributed by atoms with E-state index in [2.05, 4.69) is 4.89 Å². The summed E-state index contributed by atoms with van der Waals surface area (Å²) in [5, 5.41) is 7.55. The Bertz CT molecular complexity index is 83.4. The van der Waals surface area contributed by atoms with Crippen molar-refractivity contribution in [3.8, 4) is 0 Å². The lowest BCUT2D eigenvalue weighted by Gasteiger charge is -1.96. The van der Waals surface area contributed by atoms with Gasteiger partial charge in [-0.3, -0.25) is 4.89 Å². The average molecular weight is 122 g/mol. The topological polar surface area (TPSA) is 46.5 Å². The smallest absolute Gasteiger partial charge is 0.298 e. The van der Waals surface area contributed by atoms with Gasteiger partial charge in [0.2, 0.25) is 0 Å². The van der Waals surface area contributed by atoms with E-state index in [1.807, 2.05) is 0 Å². The quantitative estimate of drug-likeness (QED) is 0.434. The molecule has 3 nitrogen and oxygen atoms in total. The summed E-state index contributed by atoms with van der Waals surface area (Å²) in [6, 6.07) is 0. The number of carbonyl (C=O) groups excluding carboxylic acids is 1. The van der Waals surface area contributed by atoms with E-state index in [1.54, 1.807) is 0 Å². The standard InChI is InChI=1S/C4H7FO3/c1-2-3(5)4(6)8-7/h3,7H,2H2,1H3. The van der Waals surface area contributed by atoms with Gasteiger partial charge in [0, 0.05) is 0 Å². The summed E-state index contributed by atoms with van der Waals surface area (Å²) in [5.74, 6) is -1.23. The van der Waals surface area contributed by atoms with Crippen molar-refractivity contribution in [2.45, 2.75) is 19.5 Å². The molecular formula is C4H7FO3. The second kappa shape index (κ2) is 3.37. The fourth-order valence-electron chi connectivity index (χ4n) is 0.224. The highest BCUT2D eigenvalue weighted by Crippen LogP contribution is 1.97. The molecule has 0 bridgehead atoms. The first-order chi connectivity index (χ1) is 3.72. The van der Waals surface area contributed by atoms with Crippen LogP contribution in [0, 0.1) is 0 Å². The van der Waals surface area contributed by atoms with Gasteiger partial charge >= 0.3 is 5.97 Å². The van der Waals surface area contributed by atoms with Crippen LogP contribution in [0.3, 0.4) is 0 Å². The third kappa shape index (κ3) is 1.88. The van der Waals surface area contributed by atoms with E-state index in [0.29, 0.717) is 0 Å². The van der Waals surface area contributed by atoms with E-state index < -0.39 is 12.1 Å². The minimum absolute atomic E-state index is 0.0272. The summed E-state index contributed by atoms with van der Waals surface area (Å²) in [6.07, 6.45) is -1.67. The highest BCUT2D eigenvalue weighted by molar-refractivity contribution is 5.73. The lowest BCUT2D eigenvalue weighted by atomic mass is 10.3. The molecule has 8 heavy (non-hydrogen) atoms. The molecule has 0 spiro atoms. The molecule has 0 saturated carbocycles. The SMILES string of the molecule is CCC(F)C(=O)OO. The van der Waals surface area contributed by atoms with Crippen molar-refractivity contribution in [1.29, 1.82) is 0 Å². The first kappa shape index (κ1) is 7.36. The van der Waals surface area contributed by atoms with Crippen LogP contribution < -0.4 is 0 Å². The molecule has 0 aliphatic heterocycles. The normalized spacial score (nSPS) is 12.9. The van der Waals surface area contributed by atoms with Crippen LogP contribution in [0.15, 0.2) is 0 Å². The van der Waals surface area contributed by atoms with Gasteiger partial charge in [0.05, 0.1) is 0 Å². The molecule has 0 aromatic heterocycles. The number of alkyl halides is 1. The predicted molar refractivity (Wildman–Crippen MR) is 23.9 cm³/mol. The van der Waals surface area contributed by atoms with Crippen LogP contribution in [-0.2, 0) is 9.68 Å². The number of halogens is 1. The molecule has 0 radical (unpaired) electrons. The maximum absolute atomic E-state index is 11.9. The monoisotopic (exact) mass is 122 g/mol. The summed E-state index contributed by atoms with van der Waals surface area (Å²) >= 11 is 0. The lowest BCUT2D eigenvalue weighted by molar-refractivity contribution is -0.239. The van der Waals surface area contributed by atoms with Crippen molar-refractivity contribution in [3.63, 3.8) is 0 Å². The van der Waals surface area contributed by atoms with Crippen LogP contribution in [0.25, 0.3) is 0 Å². The number of carbonyl (C=O) groups is 1. The summed E-state index contributed by atoms with van der Waals surface area (Å²) in [4.78, 5) is 13.0. The van der Waals surface area contributed by atoms with E-state index in [9.17, 15) is 9.18 Å². The number of rotatable bonds is 2. The van der Waals surface area contributed by atoms with Crippen LogP contribution in [0.2, 0.25) is 0 Å². The van der Waals surface area contributed by atoms with E-state index in [4.69, 9.17) is 5.26 Å². The van der Waals surface area contributed by atoms with Gasteiger partial charge in [0.15, 0.2) is 6.17 Å². The molecule has 4 heteroatoms. The number of hydrogen-bond acceptors (Lipinski definition) is 3. The Labute approximate surface area is 46.0 Å². The van der Waals surface area contributed by atoms with Crippen molar-refractivity contribution in [1.82, 2.24) is 0 Å². The fourth-order valence-corrected chi connectivity index (χ4v) is 0.224. The average Bonchev–Trinajstić information content (AvgIpc) is 1.84. The zero-order valence-electron chi connectivity index (χ0n) is 4.43. The molecule has 0 aliphatic carbocycles. The third-order valence-electron chi connectivity index (χ3n) is 0.704. The zero-order chi connectivity index (χ0) is 6.57. The van der Waals surface area contributed by atoms with Gasteiger partial charge in [-0.2, -0.15) is 5.26 Å². The maximum atomic E-state index is 11.9. The third-order valence-corrected chi connectivity index (χ3v) is 0.704. The highest BCUT2D eigenvalue weighted by Gasteiger charge is 2.15. The zero-order valence-corrected chi connectivity index (χ0v) is 4.43. The van der Waals surface area contributed by atoms with Crippen molar-refractivity contribution < 1.29 is 19.3 Å². The minimum atomic E-state index is -1.69. The summed E-state index contributed by atoms with van der Waals surface area (Å²) in [5.41, 5.74) is 0. The summed E-state index contributed by atoms with van der Waals surface area (Å²) in [6.45, 7) is 1.47. The maximum Gasteiger partial charge on any atom is 0.375 e. The van der Waals surface area contributed by atoms with Crippen molar-refractivity contribution in [2.24, 2.45) is 0 Å². The van der Waals surface area contributed by atoms with Gasteiger partial charge in [-0.05, 0) is 6.42 Å². The molecule has 0 aromatic carbocycles. The van der Waals surface area contributed by atoms with Crippen molar-refractivity contribution in [3.05, 3.63) is 0 Å². The Kier molecular flexibility index (Phi) is 3.10. The Morgan fingerprint density at radius 1 is 2.00 bits per heavy atom. The van der Waals surface area contributed by atoms with Crippen LogP contribution in [0.4, 0.5) is 4.39 Å². The molecule has 0 saturated heterocycles. The summed E-state index contributed by atoms with van der Waals surface area (Å²) in [7, 11) is 0. The molecule has 0 aromatic rings. The van der Waals surface area contributed by atoms with Gasteiger partial charge in [-0.25, -0.2) is 9.18 Å². The highest BCUT2D eigenvalue weighted by atomic mass is 19.1. The predicted octanol–water partition coefficient (Wildman–Crippen LogP) is 0.751. The van der Waals surface area contributed by atoms with E-state index in [-0.39, 0.29) is 6.42 Å². The van der Waals surface area contributed by atoms with Gasteiger partial charge in [-0.15, -0.1) is 0 Å². The molecule has 0 heterocycles. The van der Waals surface area contributed by atoms with Gasteiger partial charge in [0.1, 0.15) is 0 Å². The Morgan fingerprint density at radius 2 is 2.50 bits per heavy atom.